The van der Waals surface area contributed by atoms with Crippen molar-refractivity contribution in [3.63, 3.8) is 0 Å². The highest BCUT2D eigenvalue weighted by molar-refractivity contribution is 5.83. The molecule has 4 nitrogen and oxygen atoms in total. The van der Waals surface area contributed by atoms with Gasteiger partial charge in [0.2, 0.25) is 0 Å². The Labute approximate surface area is 94.3 Å². The van der Waals surface area contributed by atoms with E-state index in [2.05, 4.69) is 35.5 Å². The van der Waals surface area contributed by atoms with Crippen molar-refractivity contribution in [2.24, 2.45) is 5.92 Å². The standard InChI is InChI=1S/C12H17N3O/c1-7(2)6-15-9(4)8(3)10-5-13-14-12(16)11(10)15/h5,7H,6H2,1-4H3,(H,14,16). The molecule has 0 fully saturated rings. The van der Waals surface area contributed by atoms with Gasteiger partial charge in [-0.05, 0) is 25.3 Å². The lowest BCUT2D eigenvalue weighted by atomic mass is 10.2. The summed E-state index contributed by atoms with van der Waals surface area (Å²) >= 11 is 0. The molecule has 0 amide bonds. The summed E-state index contributed by atoms with van der Waals surface area (Å²) in [5, 5.41) is 7.32. The number of fused-ring (bicyclic) bond motifs is 1. The van der Waals surface area contributed by atoms with Crippen LogP contribution in [0.25, 0.3) is 10.9 Å². The Morgan fingerprint density at radius 1 is 1.44 bits per heavy atom. The lowest BCUT2D eigenvalue weighted by Crippen LogP contribution is -2.14. The first-order valence-electron chi connectivity index (χ1n) is 5.55. The van der Waals surface area contributed by atoms with E-state index >= 15 is 0 Å². The Balaban J connectivity index is 2.81. The number of H-pyrrole nitrogens is 1. The normalized spacial score (nSPS) is 11.6. The molecule has 2 heterocycles. The zero-order valence-electron chi connectivity index (χ0n) is 10.2. The topological polar surface area (TPSA) is 50.7 Å². The first kappa shape index (κ1) is 10.9. The number of nitrogens with one attached hydrogen (secondary N) is 1. The van der Waals surface area contributed by atoms with Gasteiger partial charge in [0.05, 0.1) is 6.20 Å². The molecule has 0 radical (unpaired) electrons. The number of hydrogen-bond acceptors (Lipinski definition) is 2. The van der Waals surface area contributed by atoms with Crippen LogP contribution in [0.1, 0.15) is 25.1 Å². The maximum Gasteiger partial charge on any atom is 0.288 e. The smallest absolute Gasteiger partial charge is 0.288 e. The van der Waals surface area contributed by atoms with Crippen molar-refractivity contribution in [3.8, 4) is 0 Å². The second-order valence-electron chi connectivity index (χ2n) is 4.68. The highest BCUT2D eigenvalue weighted by atomic mass is 16.1. The van der Waals surface area contributed by atoms with Crippen molar-refractivity contribution in [2.45, 2.75) is 34.2 Å². The highest BCUT2D eigenvalue weighted by Crippen LogP contribution is 2.22. The molecule has 0 spiro atoms. The molecule has 0 unspecified atom stereocenters. The Morgan fingerprint density at radius 2 is 2.12 bits per heavy atom. The molecular weight excluding hydrogens is 202 g/mol. The summed E-state index contributed by atoms with van der Waals surface area (Å²) in [6, 6.07) is 0. The minimum atomic E-state index is -0.102. The molecule has 0 saturated heterocycles. The van der Waals surface area contributed by atoms with Gasteiger partial charge in [-0.15, -0.1) is 0 Å². The van der Waals surface area contributed by atoms with E-state index in [1.54, 1.807) is 6.20 Å². The fraction of sp³-hybridized carbons (Fsp3) is 0.500. The first-order chi connectivity index (χ1) is 7.52. The number of aryl methyl sites for hydroxylation is 1. The molecule has 0 aliphatic carbocycles. The zero-order chi connectivity index (χ0) is 11.9. The Hall–Kier alpha value is -1.58. The van der Waals surface area contributed by atoms with E-state index < -0.39 is 0 Å². The van der Waals surface area contributed by atoms with E-state index in [9.17, 15) is 4.79 Å². The second kappa shape index (κ2) is 3.77. The number of rotatable bonds is 2. The summed E-state index contributed by atoms with van der Waals surface area (Å²) in [5.41, 5.74) is 2.95. The van der Waals surface area contributed by atoms with E-state index in [1.807, 2.05) is 6.92 Å². The molecular formula is C12H17N3O. The quantitative estimate of drug-likeness (QED) is 0.839. The van der Waals surface area contributed by atoms with Crippen LogP contribution < -0.4 is 5.56 Å². The molecule has 4 heteroatoms. The number of nitrogens with zero attached hydrogens (tertiary/aromatic N) is 2. The summed E-state index contributed by atoms with van der Waals surface area (Å²) in [5.74, 6) is 0.515. The molecule has 0 atom stereocenters. The van der Waals surface area contributed by atoms with E-state index in [0.717, 1.165) is 28.7 Å². The van der Waals surface area contributed by atoms with Crippen LogP contribution in [0.3, 0.4) is 0 Å². The van der Waals surface area contributed by atoms with Gasteiger partial charge >= 0.3 is 0 Å². The summed E-state index contributed by atoms with van der Waals surface area (Å²) in [7, 11) is 0. The van der Waals surface area contributed by atoms with Crippen LogP contribution in [0, 0.1) is 19.8 Å². The van der Waals surface area contributed by atoms with Crippen LogP contribution in [0.15, 0.2) is 11.0 Å². The molecule has 0 aliphatic rings. The minimum Gasteiger partial charge on any atom is -0.340 e. The third kappa shape index (κ3) is 1.54. The van der Waals surface area contributed by atoms with Gasteiger partial charge in [-0.25, -0.2) is 5.10 Å². The molecule has 0 aromatic carbocycles. The SMILES string of the molecule is Cc1c(C)n(CC(C)C)c2c(=O)[nH]ncc12. The maximum atomic E-state index is 11.8. The van der Waals surface area contributed by atoms with Crippen molar-refractivity contribution in [3.05, 3.63) is 27.8 Å². The van der Waals surface area contributed by atoms with Gasteiger partial charge in [0.25, 0.3) is 5.56 Å². The van der Waals surface area contributed by atoms with Crippen molar-refractivity contribution >= 4 is 10.9 Å². The molecule has 86 valence electrons. The van der Waals surface area contributed by atoms with Gasteiger partial charge in [-0.2, -0.15) is 5.10 Å². The first-order valence-corrected chi connectivity index (χ1v) is 5.55. The third-order valence-electron chi connectivity index (χ3n) is 3.00. The average Bonchev–Trinajstić information content (AvgIpc) is 2.45. The van der Waals surface area contributed by atoms with Gasteiger partial charge in [0, 0.05) is 17.6 Å². The molecule has 2 rings (SSSR count). The summed E-state index contributed by atoms with van der Waals surface area (Å²) in [4.78, 5) is 11.8. The van der Waals surface area contributed by atoms with E-state index in [1.165, 1.54) is 0 Å². The average molecular weight is 219 g/mol. The molecule has 16 heavy (non-hydrogen) atoms. The van der Waals surface area contributed by atoms with Gasteiger partial charge in [-0.1, -0.05) is 13.8 Å². The van der Waals surface area contributed by atoms with Crippen LogP contribution in [0.4, 0.5) is 0 Å². The summed E-state index contributed by atoms with van der Waals surface area (Å²) < 4.78 is 2.09. The lowest BCUT2D eigenvalue weighted by molar-refractivity contribution is 0.526. The van der Waals surface area contributed by atoms with E-state index in [4.69, 9.17) is 0 Å². The van der Waals surface area contributed by atoms with E-state index in [-0.39, 0.29) is 5.56 Å². The monoisotopic (exact) mass is 219 g/mol. The molecule has 0 saturated carbocycles. The molecule has 0 aliphatic heterocycles. The second-order valence-corrected chi connectivity index (χ2v) is 4.68. The predicted molar refractivity (Wildman–Crippen MR) is 64.7 cm³/mol. The number of aromatic amines is 1. The Bertz CT molecular complexity index is 578. The van der Waals surface area contributed by atoms with Gasteiger partial charge in [0.15, 0.2) is 0 Å². The minimum absolute atomic E-state index is 0.102. The van der Waals surface area contributed by atoms with Crippen LogP contribution >= 0.6 is 0 Å². The van der Waals surface area contributed by atoms with Gasteiger partial charge < -0.3 is 4.57 Å². The highest BCUT2D eigenvalue weighted by Gasteiger charge is 2.14. The van der Waals surface area contributed by atoms with Crippen LogP contribution in [-0.4, -0.2) is 14.8 Å². The Kier molecular flexibility index (Phi) is 2.58. The van der Waals surface area contributed by atoms with Crippen molar-refractivity contribution in [2.75, 3.05) is 0 Å². The van der Waals surface area contributed by atoms with Crippen LogP contribution in [0.5, 0.6) is 0 Å². The molecule has 0 bridgehead atoms. The molecule has 2 aromatic rings. The fourth-order valence-corrected chi connectivity index (χ4v) is 2.09. The van der Waals surface area contributed by atoms with Crippen molar-refractivity contribution < 1.29 is 0 Å². The predicted octanol–water partition coefficient (Wildman–Crippen LogP) is 2.00. The molecule has 1 N–H and O–H groups in total. The summed E-state index contributed by atoms with van der Waals surface area (Å²) in [6.45, 7) is 9.25. The fourth-order valence-electron chi connectivity index (χ4n) is 2.09. The van der Waals surface area contributed by atoms with Crippen LogP contribution in [-0.2, 0) is 6.54 Å². The lowest BCUT2D eigenvalue weighted by Gasteiger charge is -2.10. The zero-order valence-corrected chi connectivity index (χ0v) is 10.2. The largest absolute Gasteiger partial charge is 0.340 e. The van der Waals surface area contributed by atoms with Crippen molar-refractivity contribution in [1.29, 1.82) is 0 Å². The Morgan fingerprint density at radius 3 is 2.75 bits per heavy atom. The van der Waals surface area contributed by atoms with Crippen molar-refractivity contribution in [1.82, 2.24) is 14.8 Å². The van der Waals surface area contributed by atoms with Gasteiger partial charge in [-0.3, -0.25) is 4.79 Å². The van der Waals surface area contributed by atoms with E-state index in [0.29, 0.717) is 5.92 Å². The maximum absolute atomic E-state index is 11.8. The third-order valence-corrected chi connectivity index (χ3v) is 3.00. The van der Waals surface area contributed by atoms with Gasteiger partial charge in [0.1, 0.15) is 5.52 Å². The summed E-state index contributed by atoms with van der Waals surface area (Å²) in [6.07, 6.45) is 1.73. The number of hydrogen-bond donors (Lipinski definition) is 1. The van der Waals surface area contributed by atoms with Crippen LogP contribution in [0.2, 0.25) is 0 Å². The number of aromatic nitrogens is 3. The molecule has 2 aromatic heterocycles.